The molecule has 1 N–H and O–H groups in total. The van der Waals surface area contributed by atoms with Crippen LogP contribution < -0.4 is 5.32 Å². The smallest absolute Gasteiger partial charge is 0.0108 e. The maximum atomic E-state index is 3.78. The molecule has 5 atom stereocenters. The quantitative estimate of drug-likeness (QED) is 0.837. The summed E-state index contributed by atoms with van der Waals surface area (Å²) in [5, 5.41) is 3.78. The van der Waals surface area contributed by atoms with E-state index in [1.54, 1.807) is 0 Å². The molecular weight excluding hydrogens is 256 g/mol. The Hall–Kier alpha value is -0.0800. The Labute approximate surface area is 133 Å². The highest BCUT2D eigenvalue weighted by Gasteiger charge is 2.38. The van der Waals surface area contributed by atoms with Crippen molar-refractivity contribution in [3.8, 4) is 0 Å². The zero-order chi connectivity index (χ0) is 15.6. The van der Waals surface area contributed by atoms with E-state index in [1.165, 1.54) is 38.8 Å². The maximum absolute atomic E-state index is 3.78. The Balaban J connectivity index is 2.00. The minimum absolute atomic E-state index is 0.472. The van der Waals surface area contributed by atoms with Gasteiger partial charge in [0.05, 0.1) is 0 Å². The van der Waals surface area contributed by atoms with Gasteiger partial charge in [0.15, 0.2) is 0 Å². The van der Waals surface area contributed by atoms with Gasteiger partial charge in [0.25, 0.3) is 0 Å². The molecule has 0 radical (unpaired) electrons. The van der Waals surface area contributed by atoms with Gasteiger partial charge in [-0.3, -0.25) is 0 Å². The average Bonchev–Trinajstić information content (AvgIpc) is 2.69. The summed E-state index contributed by atoms with van der Waals surface area (Å²) < 4.78 is 0. The third-order valence-corrected chi connectivity index (χ3v) is 6.06. The lowest BCUT2D eigenvalue weighted by atomic mass is 9.67. The summed E-state index contributed by atoms with van der Waals surface area (Å²) in [6, 6.07) is 1.54. The summed E-state index contributed by atoms with van der Waals surface area (Å²) in [5.74, 6) is 2.63. The lowest BCUT2D eigenvalue weighted by Gasteiger charge is -2.44. The Morgan fingerprint density at radius 2 is 1.81 bits per heavy atom. The van der Waals surface area contributed by atoms with Crippen molar-refractivity contribution in [1.29, 1.82) is 0 Å². The molecule has 2 fully saturated rings. The predicted octanol–water partition coefficient (Wildman–Crippen LogP) is 4.16. The molecule has 21 heavy (non-hydrogen) atoms. The molecule has 0 bridgehead atoms. The molecule has 1 heterocycles. The molecule has 1 saturated carbocycles. The summed E-state index contributed by atoms with van der Waals surface area (Å²) in [7, 11) is 0. The Morgan fingerprint density at radius 3 is 2.33 bits per heavy atom. The van der Waals surface area contributed by atoms with Gasteiger partial charge in [-0.2, -0.15) is 0 Å². The number of hydrogen-bond donors (Lipinski definition) is 1. The normalized spacial score (nSPS) is 38.9. The van der Waals surface area contributed by atoms with Crippen LogP contribution in [0.5, 0.6) is 0 Å². The van der Waals surface area contributed by atoms with E-state index in [2.05, 4.69) is 51.8 Å². The van der Waals surface area contributed by atoms with Crippen LogP contribution in [0.25, 0.3) is 0 Å². The minimum Gasteiger partial charge on any atom is -0.314 e. The minimum atomic E-state index is 0.472. The van der Waals surface area contributed by atoms with Gasteiger partial charge in [-0.05, 0) is 62.3 Å². The number of hydrogen-bond acceptors (Lipinski definition) is 2. The van der Waals surface area contributed by atoms with E-state index in [4.69, 9.17) is 0 Å². The molecule has 124 valence electrons. The van der Waals surface area contributed by atoms with E-state index in [0.29, 0.717) is 5.41 Å². The van der Waals surface area contributed by atoms with E-state index in [0.717, 1.165) is 36.4 Å². The van der Waals surface area contributed by atoms with Crippen LogP contribution in [0.1, 0.15) is 67.2 Å². The van der Waals surface area contributed by atoms with Crippen molar-refractivity contribution in [3.05, 3.63) is 0 Å². The predicted molar refractivity (Wildman–Crippen MR) is 92.6 cm³/mol. The van der Waals surface area contributed by atoms with E-state index in [9.17, 15) is 0 Å². The van der Waals surface area contributed by atoms with Crippen LogP contribution in [-0.4, -0.2) is 36.6 Å². The molecule has 1 saturated heterocycles. The first-order valence-electron chi connectivity index (χ1n) is 9.28. The number of likely N-dealkylation sites (tertiary alicyclic amines) is 1. The first-order chi connectivity index (χ1) is 9.81. The van der Waals surface area contributed by atoms with Crippen molar-refractivity contribution < 1.29 is 0 Å². The molecule has 0 aromatic heterocycles. The third-order valence-electron chi connectivity index (χ3n) is 6.06. The van der Waals surface area contributed by atoms with Crippen LogP contribution in [0.15, 0.2) is 0 Å². The SMILES string of the molecule is CCNC1CCC(C(C)(C)C)CC1CN1CC(C)CC1C. The Morgan fingerprint density at radius 1 is 1.10 bits per heavy atom. The second-order valence-corrected chi connectivity index (χ2v) is 8.94. The van der Waals surface area contributed by atoms with E-state index in [-0.39, 0.29) is 0 Å². The monoisotopic (exact) mass is 294 g/mol. The van der Waals surface area contributed by atoms with Gasteiger partial charge in [-0.25, -0.2) is 0 Å². The fourth-order valence-electron chi connectivity index (χ4n) is 4.73. The highest BCUT2D eigenvalue weighted by Crippen LogP contribution is 2.41. The second kappa shape index (κ2) is 7.00. The molecule has 2 heteroatoms. The van der Waals surface area contributed by atoms with Gasteiger partial charge in [0.1, 0.15) is 0 Å². The van der Waals surface area contributed by atoms with Crippen molar-refractivity contribution >= 4 is 0 Å². The topological polar surface area (TPSA) is 15.3 Å². The van der Waals surface area contributed by atoms with Crippen LogP contribution in [0.2, 0.25) is 0 Å². The van der Waals surface area contributed by atoms with Crippen LogP contribution in [-0.2, 0) is 0 Å². The Kier molecular flexibility index (Phi) is 5.76. The number of nitrogens with one attached hydrogen (secondary N) is 1. The third kappa shape index (κ3) is 4.45. The van der Waals surface area contributed by atoms with Gasteiger partial charge < -0.3 is 10.2 Å². The lowest BCUT2D eigenvalue weighted by molar-refractivity contribution is 0.0854. The molecule has 0 amide bonds. The summed E-state index contributed by atoms with van der Waals surface area (Å²) in [6.07, 6.45) is 5.59. The summed E-state index contributed by atoms with van der Waals surface area (Å²) >= 11 is 0. The standard InChI is InChI=1S/C19H38N2/c1-7-20-18-9-8-17(19(4,5)6)11-16(18)13-21-12-14(2)10-15(21)3/h14-18,20H,7-13H2,1-6H3. The van der Waals surface area contributed by atoms with Crippen LogP contribution in [0.3, 0.4) is 0 Å². The summed E-state index contributed by atoms with van der Waals surface area (Å²) in [4.78, 5) is 2.77. The average molecular weight is 295 g/mol. The first kappa shape index (κ1) is 17.3. The molecule has 2 rings (SSSR count). The van der Waals surface area contributed by atoms with Crippen LogP contribution in [0.4, 0.5) is 0 Å². The van der Waals surface area contributed by atoms with Crippen molar-refractivity contribution in [3.63, 3.8) is 0 Å². The molecular formula is C19H38N2. The van der Waals surface area contributed by atoms with Gasteiger partial charge >= 0.3 is 0 Å². The highest BCUT2D eigenvalue weighted by molar-refractivity contribution is 4.92. The fourth-order valence-corrected chi connectivity index (χ4v) is 4.73. The van der Waals surface area contributed by atoms with Crippen molar-refractivity contribution in [2.45, 2.75) is 79.3 Å². The summed E-state index contributed by atoms with van der Waals surface area (Å²) in [6.45, 7) is 18.1. The zero-order valence-electron chi connectivity index (χ0n) is 15.3. The molecule has 1 aliphatic heterocycles. The molecule has 0 aromatic rings. The van der Waals surface area contributed by atoms with E-state index in [1.807, 2.05) is 0 Å². The summed E-state index contributed by atoms with van der Waals surface area (Å²) in [5.41, 5.74) is 0.472. The van der Waals surface area contributed by atoms with Crippen LogP contribution in [0, 0.1) is 23.2 Å². The fraction of sp³-hybridized carbons (Fsp3) is 1.00. The van der Waals surface area contributed by atoms with Gasteiger partial charge in [0.2, 0.25) is 0 Å². The van der Waals surface area contributed by atoms with E-state index >= 15 is 0 Å². The molecule has 1 aliphatic carbocycles. The van der Waals surface area contributed by atoms with Crippen LogP contribution >= 0.6 is 0 Å². The van der Waals surface area contributed by atoms with E-state index < -0.39 is 0 Å². The Bertz CT molecular complexity index is 320. The number of rotatable bonds is 4. The van der Waals surface area contributed by atoms with Gasteiger partial charge in [0, 0.05) is 25.2 Å². The van der Waals surface area contributed by atoms with Crippen molar-refractivity contribution in [2.75, 3.05) is 19.6 Å². The number of nitrogens with zero attached hydrogens (tertiary/aromatic N) is 1. The maximum Gasteiger partial charge on any atom is 0.0108 e. The second-order valence-electron chi connectivity index (χ2n) is 8.94. The molecule has 2 aliphatic rings. The largest absolute Gasteiger partial charge is 0.314 e. The first-order valence-corrected chi connectivity index (χ1v) is 9.28. The van der Waals surface area contributed by atoms with Crippen molar-refractivity contribution in [1.82, 2.24) is 10.2 Å². The van der Waals surface area contributed by atoms with Gasteiger partial charge in [-0.1, -0.05) is 34.6 Å². The molecule has 0 spiro atoms. The zero-order valence-corrected chi connectivity index (χ0v) is 15.3. The lowest BCUT2D eigenvalue weighted by Crippen LogP contribution is -2.48. The highest BCUT2D eigenvalue weighted by atomic mass is 15.2. The van der Waals surface area contributed by atoms with Gasteiger partial charge in [-0.15, -0.1) is 0 Å². The van der Waals surface area contributed by atoms with Crippen molar-refractivity contribution in [2.24, 2.45) is 23.2 Å². The molecule has 5 unspecified atom stereocenters. The molecule has 0 aromatic carbocycles. The molecule has 2 nitrogen and oxygen atoms in total.